The van der Waals surface area contributed by atoms with Crippen LogP contribution in [0.1, 0.15) is 15.9 Å². The molecule has 0 unspecified atom stereocenters. The zero-order valence-corrected chi connectivity index (χ0v) is 17.5. The number of likely N-dealkylation sites (tertiary alicyclic amines) is 1. The lowest BCUT2D eigenvalue weighted by molar-refractivity contribution is 0.0423. The van der Waals surface area contributed by atoms with Crippen molar-refractivity contribution >= 4 is 23.2 Å². The van der Waals surface area contributed by atoms with E-state index in [1.807, 2.05) is 12.1 Å². The van der Waals surface area contributed by atoms with Gasteiger partial charge in [-0.15, -0.1) is 0 Å². The van der Waals surface area contributed by atoms with Crippen LogP contribution in [0.3, 0.4) is 0 Å². The van der Waals surface area contributed by atoms with Gasteiger partial charge in [-0.2, -0.15) is 0 Å². The van der Waals surface area contributed by atoms with Crippen LogP contribution in [0.5, 0.6) is 0 Å². The number of piperazine rings is 1. The fraction of sp³-hybridized carbons (Fsp3) is 0.391. The number of halogens is 1. The molecular weight excluding hydrogens is 400 g/mol. The number of aliphatic hydroxyl groups is 1. The maximum absolute atomic E-state index is 12.8. The van der Waals surface area contributed by atoms with Crippen LogP contribution in [-0.4, -0.2) is 77.1 Å². The van der Waals surface area contributed by atoms with Gasteiger partial charge in [0.2, 0.25) is 0 Å². The smallest absolute Gasteiger partial charge is 0.253 e. The molecule has 2 atom stereocenters. The predicted molar refractivity (Wildman–Crippen MR) is 117 cm³/mol. The lowest BCUT2D eigenvalue weighted by atomic mass is 10.1. The van der Waals surface area contributed by atoms with Gasteiger partial charge in [0.25, 0.3) is 5.91 Å². The quantitative estimate of drug-likeness (QED) is 0.767. The molecule has 2 aromatic rings. The molecule has 4 rings (SSSR count). The molecule has 0 spiro atoms. The van der Waals surface area contributed by atoms with Crippen molar-refractivity contribution in [2.24, 2.45) is 0 Å². The number of benzene rings is 2. The second kappa shape index (κ2) is 9.15. The highest BCUT2D eigenvalue weighted by Crippen LogP contribution is 2.22. The van der Waals surface area contributed by atoms with Crippen molar-refractivity contribution in [3.05, 3.63) is 76.1 Å². The molecule has 0 aliphatic carbocycles. The minimum atomic E-state index is -0.542. The highest BCUT2D eigenvalue weighted by Gasteiger charge is 2.38. The summed E-state index contributed by atoms with van der Waals surface area (Å²) in [4.78, 5) is 22.6. The van der Waals surface area contributed by atoms with Crippen LogP contribution >= 0.6 is 11.6 Å². The molecule has 0 saturated carbocycles. The second-order valence-electron chi connectivity index (χ2n) is 7.94. The van der Waals surface area contributed by atoms with E-state index in [2.05, 4.69) is 26.8 Å². The summed E-state index contributed by atoms with van der Waals surface area (Å²) in [7, 11) is 0. The first-order valence-corrected chi connectivity index (χ1v) is 10.6. The third-order valence-electron chi connectivity index (χ3n) is 5.98. The van der Waals surface area contributed by atoms with Crippen molar-refractivity contribution in [2.45, 2.75) is 18.7 Å². The van der Waals surface area contributed by atoms with Gasteiger partial charge in [0.1, 0.15) is 0 Å². The molecule has 0 radical (unpaired) electrons. The Labute approximate surface area is 182 Å². The number of hydrogen-bond acceptors (Lipinski definition) is 4. The fourth-order valence-electron chi connectivity index (χ4n) is 4.26. The van der Waals surface area contributed by atoms with Crippen LogP contribution in [0, 0.1) is 6.57 Å². The number of amides is 1. The molecule has 2 aromatic carbocycles. The van der Waals surface area contributed by atoms with Crippen molar-refractivity contribution in [2.75, 3.05) is 39.3 Å². The standard InChI is InChI=1S/C23H25ClN4O2/c1-25-20-8-4-18(5-9-20)23(30)28-15-21(22(29)16-28)27-12-10-26(11-13-27)14-17-2-6-19(24)7-3-17/h2-9,21-22,29H,10-16H2/t21-,22-/m1/s1. The Kier molecular flexibility index (Phi) is 6.35. The van der Waals surface area contributed by atoms with E-state index in [9.17, 15) is 9.90 Å². The number of β-amino-alcohol motifs (C(OH)–C–C–N with tert-alkyl or cyclic N) is 1. The average molecular weight is 425 g/mol. The van der Waals surface area contributed by atoms with E-state index in [4.69, 9.17) is 18.2 Å². The number of nitrogens with zero attached hydrogens (tertiary/aromatic N) is 4. The minimum absolute atomic E-state index is 0.0332. The molecule has 0 bridgehead atoms. The van der Waals surface area contributed by atoms with Crippen molar-refractivity contribution < 1.29 is 9.90 Å². The van der Waals surface area contributed by atoms with Crippen molar-refractivity contribution in [1.82, 2.24) is 14.7 Å². The molecule has 2 heterocycles. The van der Waals surface area contributed by atoms with E-state index in [1.54, 1.807) is 29.2 Å². The van der Waals surface area contributed by atoms with Crippen molar-refractivity contribution in [3.8, 4) is 0 Å². The Hall–Kier alpha value is -2.43. The number of rotatable bonds is 4. The van der Waals surface area contributed by atoms with Gasteiger partial charge in [-0.05, 0) is 17.7 Å². The average Bonchev–Trinajstić information content (AvgIpc) is 3.17. The van der Waals surface area contributed by atoms with Crippen LogP contribution in [0.25, 0.3) is 4.85 Å². The third kappa shape index (κ3) is 4.66. The van der Waals surface area contributed by atoms with Crippen molar-refractivity contribution in [1.29, 1.82) is 0 Å². The van der Waals surface area contributed by atoms with Crippen molar-refractivity contribution in [3.63, 3.8) is 0 Å². The molecular formula is C23H25ClN4O2. The maximum atomic E-state index is 12.8. The molecule has 1 amide bonds. The second-order valence-corrected chi connectivity index (χ2v) is 8.38. The summed E-state index contributed by atoms with van der Waals surface area (Å²) >= 11 is 5.96. The predicted octanol–water partition coefficient (Wildman–Crippen LogP) is 2.89. The normalized spacial score (nSPS) is 22.8. The van der Waals surface area contributed by atoms with Crippen LogP contribution in [0.4, 0.5) is 5.69 Å². The van der Waals surface area contributed by atoms with Gasteiger partial charge in [0.05, 0.1) is 18.7 Å². The summed E-state index contributed by atoms with van der Waals surface area (Å²) in [6, 6.07) is 14.6. The van der Waals surface area contributed by atoms with E-state index < -0.39 is 6.10 Å². The largest absolute Gasteiger partial charge is 0.390 e. The van der Waals surface area contributed by atoms with Gasteiger partial charge in [-0.3, -0.25) is 14.6 Å². The Bertz CT molecular complexity index is 918. The molecule has 156 valence electrons. The molecule has 2 saturated heterocycles. The summed E-state index contributed by atoms with van der Waals surface area (Å²) in [5.74, 6) is -0.0885. The SMILES string of the molecule is [C-]#[N+]c1ccc(C(=O)N2C[C@@H](O)[C@H](N3CCN(Cc4ccc(Cl)cc4)CC3)C2)cc1. The lowest BCUT2D eigenvalue weighted by Gasteiger charge is -2.38. The Morgan fingerprint density at radius 1 is 1.03 bits per heavy atom. The van der Waals surface area contributed by atoms with E-state index in [0.29, 0.717) is 24.3 Å². The first kappa shape index (κ1) is 20.8. The molecule has 2 aliphatic heterocycles. The molecule has 1 N–H and O–H groups in total. The van der Waals surface area contributed by atoms with E-state index in [0.717, 1.165) is 37.7 Å². The maximum Gasteiger partial charge on any atom is 0.253 e. The number of aliphatic hydroxyl groups excluding tert-OH is 1. The van der Waals surface area contributed by atoms with Crippen LogP contribution in [0.2, 0.25) is 5.02 Å². The van der Waals surface area contributed by atoms with Gasteiger partial charge >= 0.3 is 0 Å². The van der Waals surface area contributed by atoms with Gasteiger partial charge in [-0.1, -0.05) is 48.0 Å². The Morgan fingerprint density at radius 2 is 1.70 bits per heavy atom. The van der Waals surface area contributed by atoms with Gasteiger partial charge < -0.3 is 10.0 Å². The van der Waals surface area contributed by atoms with Gasteiger partial charge in [0, 0.05) is 56.4 Å². The van der Waals surface area contributed by atoms with Crippen LogP contribution in [0.15, 0.2) is 48.5 Å². The monoisotopic (exact) mass is 424 g/mol. The summed E-state index contributed by atoms with van der Waals surface area (Å²) in [6.07, 6.45) is -0.542. The minimum Gasteiger partial charge on any atom is -0.390 e. The lowest BCUT2D eigenvalue weighted by Crippen LogP contribution is -2.53. The summed E-state index contributed by atoms with van der Waals surface area (Å²) in [6.45, 7) is 12.4. The van der Waals surface area contributed by atoms with Gasteiger partial charge in [-0.25, -0.2) is 4.85 Å². The zero-order chi connectivity index (χ0) is 21.1. The Morgan fingerprint density at radius 3 is 2.33 bits per heavy atom. The molecule has 0 aromatic heterocycles. The number of carbonyl (C=O) groups is 1. The first-order valence-electron chi connectivity index (χ1n) is 10.2. The van der Waals surface area contributed by atoms with E-state index >= 15 is 0 Å². The Balaban J connectivity index is 1.31. The molecule has 7 heteroatoms. The molecule has 2 aliphatic rings. The fourth-order valence-corrected chi connectivity index (χ4v) is 4.38. The summed E-state index contributed by atoms with van der Waals surface area (Å²) < 4.78 is 0. The van der Waals surface area contributed by atoms with Crippen LogP contribution < -0.4 is 0 Å². The molecule has 30 heavy (non-hydrogen) atoms. The number of hydrogen-bond donors (Lipinski definition) is 1. The highest BCUT2D eigenvalue weighted by molar-refractivity contribution is 6.30. The van der Waals surface area contributed by atoms with E-state index in [1.165, 1.54) is 5.56 Å². The summed E-state index contributed by atoms with van der Waals surface area (Å²) in [5.41, 5.74) is 2.32. The van der Waals surface area contributed by atoms with E-state index in [-0.39, 0.29) is 11.9 Å². The topological polar surface area (TPSA) is 51.4 Å². The van der Waals surface area contributed by atoms with Crippen LogP contribution in [-0.2, 0) is 6.54 Å². The van der Waals surface area contributed by atoms with Gasteiger partial charge in [0.15, 0.2) is 5.69 Å². The summed E-state index contributed by atoms with van der Waals surface area (Å²) in [5, 5.41) is 11.4. The highest BCUT2D eigenvalue weighted by atomic mass is 35.5. The molecule has 6 nitrogen and oxygen atoms in total. The molecule has 2 fully saturated rings. The third-order valence-corrected chi connectivity index (χ3v) is 6.24. The first-order chi connectivity index (χ1) is 14.5. The zero-order valence-electron chi connectivity index (χ0n) is 16.7. The number of carbonyl (C=O) groups excluding carboxylic acids is 1.